The Labute approximate surface area is 182 Å². The molecule has 0 saturated carbocycles. The van der Waals surface area contributed by atoms with E-state index < -0.39 is 6.17 Å². The summed E-state index contributed by atoms with van der Waals surface area (Å²) >= 11 is 1.78. The topological polar surface area (TPSA) is 94.1 Å². The van der Waals surface area contributed by atoms with Gasteiger partial charge in [0.05, 0.1) is 6.04 Å². The molecule has 168 valence electrons. The zero-order valence-electron chi connectivity index (χ0n) is 17.8. The van der Waals surface area contributed by atoms with Gasteiger partial charge in [0.2, 0.25) is 0 Å². The van der Waals surface area contributed by atoms with Gasteiger partial charge in [0, 0.05) is 51.0 Å². The van der Waals surface area contributed by atoms with E-state index in [0.717, 1.165) is 50.8 Å². The van der Waals surface area contributed by atoms with E-state index in [1.165, 1.54) is 5.57 Å². The first-order valence-electron chi connectivity index (χ1n) is 11.0. The Morgan fingerprint density at radius 3 is 2.93 bits per heavy atom. The quantitative estimate of drug-likeness (QED) is 0.402. The molecule has 3 aliphatic heterocycles. The average molecular weight is 440 g/mol. The molecule has 1 aliphatic carbocycles. The van der Waals surface area contributed by atoms with Crippen LogP contribution in [0.25, 0.3) is 0 Å². The van der Waals surface area contributed by atoms with E-state index in [2.05, 4.69) is 33.5 Å². The van der Waals surface area contributed by atoms with Crippen LogP contribution in [-0.2, 0) is 4.74 Å². The Morgan fingerprint density at radius 2 is 2.23 bits per heavy atom. The molecule has 3 unspecified atom stereocenters. The highest BCUT2D eigenvalue weighted by molar-refractivity contribution is 8.00. The number of hydrogen-bond acceptors (Lipinski definition) is 8. The molecule has 3 heterocycles. The van der Waals surface area contributed by atoms with Crippen molar-refractivity contribution in [2.75, 3.05) is 33.3 Å². The Morgan fingerprint density at radius 1 is 1.33 bits per heavy atom. The molecule has 4 aliphatic rings. The van der Waals surface area contributed by atoms with Gasteiger partial charge < -0.3 is 20.7 Å². The Hall–Kier alpha value is -1.20. The maximum atomic E-state index is 13.5. The lowest BCUT2D eigenvalue weighted by Crippen LogP contribution is -2.53. The van der Waals surface area contributed by atoms with E-state index in [-0.39, 0.29) is 23.8 Å². The van der Waals surface area contributed by atoms with E-state index in [1.807, 2.05) is 6.08 Å². The maximum absolute atomic E-state index is 13.5. The highest BCUT2D eigenvalue weighted by Crippen LogP contribution is 2.29. The number of ether oxygens (including phenoxy) is 1. The number of aliphatic imine (C=N–C) groups is 2. The number of halogens is 1. The second-order valence-corrected chi connectivity index (χ2v) is 9.60. The molecule has 4 rings (SSSR count). The monoisotopic (exact) mass is 439 g/mol. The number of piperazine rings is 1. The summed E-state index contributed by atoms with van der Waals surface area (Å²) in [6.07, 6.45) is 4.10. The van der Waals surface area contributed by atoms with Crippen molar-refractivity contribution in [1.82, 2.24) is 26.6 Å². The van der Waals surface area contributed by atoms with Gasteiger partial charge in [0.15, 0.2) is 11.5 Å². The third-order valence-electron chi connectivity index (χ3n) is 6.01. The Balaban J connectivity index is 1.47. The molecule has 2 fully saturated rings. The van der Waals surface area contributed by atoms with Crippen LogP contribution in [0, 0.1) is 0 Å². The van der Waals surface area contributed by atoms with E-state index in [0.29, 0.717) is 18.1 Å². The molecule has 30 heavy (non-hydrogen) atoms. The number of guanidine groups is 1. The first-order valence-corrected chi connectivity index (χ1v) is 11.9. The molecule has 6 atom stereocenters. The highest BCUT2D eigenvalue weighted by atomic mass is 32.2. The van der Waals surface area contributed by atoms with Crippen LogP contribution < -0.4 is 26.6 Å². The Kier molecular flexibility index (Phi) is 7.64. The molecule has 0 aromatic carbocycles. The van der Waals surface area contributed by atoms with Crippen molar-refractivity contribution in [3.8, 4) is 0 Å². The summed E-state index contributed by atoms with van der Waals surface area (Å²) in [4.78, 5) is 9.91. The fraction of sp³-hybridized carbons (Fsp3) is 0.800. The van der Waals surface area contributed by atoms with Crippen LogP contribution in [0.5, 0.6) is 0 Å². The number of amidine groups is 1. The second-order valence-electron chi connectivity index (χ2n) is 8.29. The lowest BCUT2D eigenvalue weighted by Gasteiger charge is -2.31. The number of allylic oxidation sites excluding steroid dienone is 1. The summed E-state index contributed by atoms with van der Waals surface area (Å²) in [7, 11) is 1.72. The molecule has 0 aromatic heterocycles. The van der Waals surface area contributed by atoms with Crippen LogP contribution in [-0.4, -0.2) is 80.3 Å². The zero-order chi connectivity index (χ0) is 20.9. The van der Waals surface area contributed by atoms with E-state index >= 15 is 0 Å². The summed E-state index contributed by atoms with van der Waals surface area (Å²) < 4.78 is 18.9. The summed E-state index contributed by atoms with van der Waals surface area (Å²) in [6.45, 7) is 5.70. The lowest BCUT2D eigenvalue weighted by molar-refractivity contribution is 0.153. The zero-order valence-corrected chi connectivity index (χ0v) is 18.6. The fourth-order valence-corrected chi connectivity index (χ4v) is 5.42. The van der Waals surface area contributed by atoms with Crippen molar-refractivity contribution >= 4 is 23.6 Å². The summed E-state index contributed by atoms with van der Waals surface area (Å²) in [6, 6.07) is 0.226. The fourth-order valence-electron chi connectivity index (χ4n) is 4.27. The lowest BCUT2D eigenvalue weighted by atomic mass is 9.93. The van der Waals surface area contributed by atoms with Crippen molar-refractivity contribution in [2.45, 2.75) is 67.8 Å². The van der Waals surface area contributed by atoms with Crippen LogP contribution in [0.4, 0.5) is 4.39 Å². The van der Waals surface area contributed by atoms with Gasteiger partial charge in [-0.15, -0.1) is 11.8 Å². The summed E-state index contributed by atoms with van der Waals surface area (Å²) in [5, 5.41) is 17.5. The van der Waals surface area contributed by atoms with Gasteiger partial charge in [-0.3, -0.25) is 15.6 Å². The average Bonchev–Trinajstić information content (AvgIpc) is 3.24. The van der Waals surface area contributed by atoms with Crippen LogP contribution in [0.3, 0.4) is 0 Å². The number of nitrogens with zero attached hydrogens (tertiary/aromatic N) is 2. The van der Waals surface area contributed by atoms with Gasteiger partial charge >= 0.3 is 0 Å². The molecule has 0 spiro atoms. The molecule has 2 saturated heterocycles. The molecule has 0 aromatic rings. The molecule has 10 heteroatoms. The number of rotatable bonds is 5. The minimum atomic E-state index is -0.702. The molecule has 0 amide bonds. The van der Waals surface area contributed by atoms with Gasteiger partial charge in [0.25, 0.3) is 0 Å². The SMILES string of the molecule is CO[C@H]1NCC(C2CC(=NC3CNCCN3)NC(N[C@@H](C)C3=CC[C@@H](F)CC3)=N2)S1. The summed E-state index contributed by atoms with van der Waals surface area (Å²) in [5.41, 5.74) is 1.27. The van der Waals surface area contributed by atoms with Crippen LogP contribution in [0.2, 0.25) is 0 Å². The number of methoxy groups -OCH3 is 1. The number of hydrogen-bond donors (Lipinski definition) is 5. The van der Waals surface area contributed by atoms with Gasteiger partial charge in [-0.1, -0.05) is 11.6 Å². The third kappa shape index (κ3) is 5.73. The van der Waals surface area contributed by atoms with Gasteiger partial charge in [-0.05, 0) is 26.2 Å². The van der Waals surface area contributed by atoms with E-state index in [9.17, 15) is 4.39 Å². The van der Waals surface area contributed by atoms with Crippen molar-refractivity contribution in [1.29, 1.82) is 0 Å². The highest BCUT2D eigenvalue weighted by Gasteiger charge is 2.35. The number of alkyl halides is 1. The standard InChI is InChI=1S/C20H34FN7OS/c1-12(13-3-5-14(21)6-4-13)25-19-26-15(16-10-24-20(29-2)30-16)9-17(28-19)27-18-11-22-7-8-23-18/h3,12,14-16,18,20,22-24H,4-11H2,1-2H3,(H2,25,26,27,28)/t12-,14+,15?,16?,18?,20+/m0/s1. The predicted octanol–water partition coefficient (Wildman–Crippen LogP) is 0.683. The van der Waals surface area contributed by atoms with Crippen LogP contribution in [0.15, 0.2) is 21.6 Å². The minimum Gasteiger partial charge on any atom is -0.357 e. The minimum absolute atomic E-state index is 0.0149. The molecule has 0 radical (unpaired) electrons. The molecule has 8 nitrogen and oxygen atoms in total. The van der Waals surface area contributed by atoms with E-state index in [1.54, 1.807) is 18.9 Å². The molecular weight excluding hydrogens is 405 g/mol. The molecular formula is C20H34FN7OS. The smallest absolute Gasteiger partial charge is 0.197 e. The van der Waals surface area contributed by atoms with Crippen molar-refractivity contribution in [3.05, 3.63) is 11.6 Å². The number of thioether (sulfide) groups is 1. The number of nitrogens with one attached hydrogen (secondary N) is 5. The van der Waals surface area contributed by atoms with E-state index in [4.69, 9.17) is 14.7 Å². The molecule has 0 bridgehead atoms. The van der Waals surface area contributed by atoms with Gasteiger partial charge in [0.1, 0.15) is 18.2 Å². The maximum Gasteiger partial charge on any atom is 0.197 e. The van der Waals surface area contributed by atoms with Crippen molar-refractivity contribution < 1.29 is 9.13 Å². The van der Waals surface area contributed by atoms with Gasteiger partial charge in [-0.2, -0.15) is 0 Å². The van der Waals surface area contributed by atoms with Crippen molar-refractivity contribution in [2.24, 2.45) is 9.98 Å². The Bertz CT molecular complexity index is 682. The second kappa shape index (κ2) is 10.4. The molecule has 5 N–H and O–H groups in total. The largest absolute Gasteiger partial charge is 0.357 e. The van der Waals surface area contributed by atoms with Crippen LogP contribution >= 0.6 is 11.8 Å². The summed E-state index contributed by atoms with van der Waals surface area (Å²) in [5.74, 6) is 1.71. The third-order valence-corrected chi connectivity index (χ3v) is 7.45. The van der Waals surface area contributed by atoms with Gasteiger partial charge in [-0.25, -0.2) is 9.38 Å². The van der Waals surface area contributed by atoms with Crippen LogP contribution in [0.1, 0.15) is 32.6 Å². The van der Waals surface area contributed by atoms with Crippen molar-refractivity contribution in [3.63, 3.8) is 0 Å². The first-order chi connectivity index (χ1) is 14.6. The normalized spacial score (nSPS) is 37.3. The first kappa shape index (κ1) is 22.0. The predicted molar refractivity (Wildman–Crippen MR) is 121 cm³/mol.